The molecular formula is C16H18N4O. The second-order valence-electron chi connectivity index (χ2n) is 5.28. The summed E-state index contributed by atoms with van der Waals surface area (Å²) >= 11 is 0. The van der Waals surface area contributed by atoms with Crippen molar-refractivity contribution in [1.29, 1.82) is 5.26 Å². The quantitative estimate of drug-likeness (QED) is 0.933. The fourth-order valence-electron chi connectivity index (χ4n) is 2.21. The Morgan fingerprint density at radius 2 is 2.00 bits per heavy atom. The van der Waals surface area contributed by atoms with E-state index in [1.54, 1.807) is 6.92 Å². The molecule has 1 aromatic carbocycles. The molecule has 0 aliphatic rings. The number of rotatable bonds is 3. The molecule has 0 unspecified atom stereocenters. The van der Waals surface area contributed by atoms with Crippen LogP contribution in [-0.2, 0) is 6.42 Å². The predicted molar refractivity (Wildman–Crippen MR) is 82.6 cm³/mol. The van der Waals surface area contributed by atoms with Crippen molar-refractivity contribution in [1.82, 2.24) is 10.2 Å². The van der Waals surface area contributed by atoms with E-state index in [2.05, 4.69) is 16.3 Å². The monoisotopic (exact) mass is 282 g/mol. The molecule has 1 aromatic heterocycles. The van der Waals surface area contributed by atoms with Crippen LogP contribution in [0.3, 0.4) is 0 Å². The third-order valence-corrected chi connectivity index (χ3v) is 3.66. The molecule has 21 heavy (non-hydrogen) atoms. The SMILES string of the molecule is Cc1c(Cc2ccc(N(C)C)c(C#N)c2)n[nH]c(=O)c1C. The van der Waals surface area contributed by atoms with Crippen LogP contribution in [0.15, 0.2) is 23.0 Å². The number of nitrogens with zero attached hydrogens (tertiary/aromatic N) is 3. The van der Waals surface area contributed by atoms with Crippen LogP contribution in [-0.4, -0.2) is 24.3 Å². The Morgan fingerprint density at radius 3 is 2.62 bits per heavy atom. The zero-order chi connectivity index (χ0) is 15.6. The summed E-state index contributed by atoms with van der Waals surface area (Å²) in [5, 5.41) is 15.9. The first-order valence-electron chi connectivity index (χ1n) is 6.69. The smallest absolute Gasteiger partial charge is 0.267 e. The van der Waals surface area contributed by atoms with Crippen molar-refractivity contribution in [3.63, 3.8) is 0 Å². The van der Waals surface area contributed by atoms with Crippen molar-refractivity contribution in [3.05, 3.63) is 56.5 Å². The lowest BCUT2D eigenvalue weighted by molar-refractivity contribution is 0.877. The lowest BCUT2D eigenvalue weighted by Gasteiger charge is -2.15. The lowest BCUT2D eigenvalue weighted by atomic mass is 10.0. The molecule has 108 valence electrons. The molecule has 0 saturated carbocycles. The summed E-state index contributed by atoms with van der Waals surface area (Å²) in [6.07, 6.45) is 0.589. The maximum atomic E-state index is 11.5. The first-order valence-corrected chi connectivity index (χ1v) is 6.69. The van der Waals surface area contributed by atoms with Gasteiger partial charge in [0.1, 0.15) is 6.07 Å². The second kappa shape index (κ2) is 5.80. The number of H-pyrrole nitrogens is 1. The Hall–Kier alpha value is -2.61. The van der Waals surface area contributed by atoms with Gasteiger partial charge >= 0.3 is 0 Å². The van der Waals surface area contributed by atoms with Gasteiger partial charge in [0.15, 0.2) is 0 Å². The fraction of sp³-hybridized carbons (Fsp3) is 0.312. The van der Waals surface area contributed by atoms with E-state index >= 15 is 0 Å². The average Bonchev–Trinajstić information content (AvgIpc) is 2.47. The summed E-state index contributed by atoms with van der Waals surface area (Å²) in [7, 11) is 3.82. The van der Waals surface area contributed by atoms with Gasteiger partial charge < -0.3 is 4.90 Å². The normalized spacial score (nSPS) is 10.2. The minimum absolute atomic E-state index is 0.156. The van der Waals surface area contributed by atoms with Crippen molar-refractivity contribution < 1.29 is 0 Å². The third kappa shape index (κ3) is 2.95. The number of hydrogen-bond donors (Lipinski definition) is 1. The van der Waals surface area contributed by atoms with E-state index in [1.807, 2.05) is 44.1 Å². The summed E-state index contributed by atoms with van der Waals surface area (Å²) in [4.78, 5) is 13.4. The van der Waals surface area contributed by atoms with Gasteiger partial charge in [-0.3, -0.25) is 4.79 Å². The average molecular weight is 282 g/mol. The van der Waals surface area contributed by atoms with Crippen molar-refractivity contribution in [3.8, 4) is 6.07 Å². The molecule has 5 nitrogen and oxygen atoms in total. The van der Waals surface area contributed by atoms with Crippen LogP contribution in [0.1, 0.15) is 27.9 Å². The molecule has 2 aromatic rings. The first-order chi connectivity index (χ1) is 9.93. The van der Waals surface area contributed by atoms with Gasteiger partial charge in [-0.2, -0.15) is 10.4 Å². The minimum Gasteiger partial charge on any atom is -0.377 e. The summed E-state index contributed by atoms with van der Waals surface area (Å²) in [5.74, 6) is 0. The molecule has 0 bridgehead atoms. The molecule has 2 rings (SSSR count). The molecular weight excluding hydrogens is 264 g/mol. The van der Waals surface area contributed by atoms with Crippen molar-refractivity contribution in [2.45, 2.75) is 20.3 Å². The summed E-state index contributed by atoms with van der Waals surface area (Å²) in [6, 6.07) is 8.01. The predicted octanol–water partition coefficient (Wildman–Crippen LogP) is 1.92. The van der Waals surface area contributed by atoms with Gasteiger partial charge in [0.2, 0.25) is 0 Å². The number of aromatic nitrogens is 2. The van der Waals surface area contributed by atoms with Crippen molar-refractivity contribution >= 4 is 5.69 Å². The van der Waals surface area contributed by atoms with E-state index < -0.39 is 0 Å². The highest BCUT2D eigenvalue weighted by molar-refractivity contribution is 5.59. The zero-order valence-electron chi connectivity index (χ0n) is 12.7. The van der Waals surface area contributed by atoms with E-state index in [9.17, 15) is 10.1 Å². The molecule has 5 heteroatoms. The van der Waals surface area contributed by atoms with Gasteiger partial charge in [0.05, 0.1) is 16.9 Å². The summed E-state index contributed by atoms with van der Waals surface area (Å²) < 4.78 is 0. The Balaban J connectivity index is 2.40. The number of aromatic amines is 1. The topological polar surface area (TPSA) is 72.8 Å². The Morgan fingerprint density at radius 1 is 1.29 bits per heavy atom. The van der Waals surface area contributed by atoms with E-state index in [-0.39, 0.29) is 5.56 Å². The molecule has 0 amide bonds. The number of benzene rings is 1. The minimum atomic E-state index is -0.156. The lowest BCUT2D eigenvalue weighted by Crippen LogP contribution is -2.16. The second-order valence-corrected chi connectivity index (χ2v) is 5.28. The molecule has 0 radical (unpaired) electrons. The van der Waals surface area contributed by atoms with Crippen molar-refractivity contribution in [2.24, 2.45) is 0 Å². The molecule has 0 aliphatic heterocycles. The molecule has 0 fully saturated rings. The van der Waals surface area contributed by atoms with Gasteiger partial charge in [0, 0.05) is 26.1 Å². The molecule has 0 atom stereocenters. The first kappa shape index (κ1) is 14.8. The maximum absolute atomic E-state index is 11.5. The van der Waals surface area contributed by atoms with Crippen LogP contribution < -0.4 is 10.5 Å². The van der Waals surface area contributed by atoms with Crippen LogP contribution in [0.5, 0.6) is 0 Å². The van der Waals surface area contributed by atoms with E-state index in [0.29, 0.717) is 17.5 Å². The number of nitriles is 1. The zero-order valence-corrected chi connectivity index (χ0v) is 12.7. The highest BCUT2D eigenvalue weighted by Crippen LogP contribution is 2.21. The molecule has 1 N–H and O–H groups in total. The van der Waals surface area contributed by atoms with E-state index in [1.165, 1.54) is 0 Å². The van der Waals surface area contributed by atoms with Gasteiger partial charge in [-0.15, -0.1) is 0 Å². The summed E-state index contributed by atoms with van der Waals surface area (Å²) in [6.45, 7) is 3.68. The molecule has 0 saturated heterocycles. The maximum Gasteiger partial charge on any atom is 0.267 e. The standard InChI is InChI=1S/C16H18N4O/c1-10-11(2)16(21)19-18-14(10)8-12-5-6-15(20(3)4)13(7-12)9-17/h5-7H,8H2,1-4H3,(H,19,21). The highest BCUT2D eigenvalue weighted by atomic mass is 16.1. The van der Waals surface area contributed by atoms with Gasteiger partial charge in [0.25, 0.3) is 5.56 Å². The van der Waals surface area contributed by atoms with Gasteiger partial charge in [-0.1, -0.05) is 6.07 Å². The number of hydrogen-bond acceptors (Lipinski definition) is 4. The van der Waals surface area contributed by atoms with E-state index in [0.717, 1.165) is 22.5 Å². The third-order valence-electron chi connectivity index (χ3n) is 3.66. The van der Waals surface area contributed by atoms with E-state index in [4.69, 9.17) is 0 Å². The fourth-order valence-corrected chi connectivity index (χ4v) is 2.21. The van der Waals surface area contributed by atoms with Crippen LogP contribution in [0.25, 0.3) is 0 Å². The number of nitrogens with one attached hydrogen (secondary N) is 1. The van der Waals surface area contributed by atoms with Crippen LogP contribution in [0.2, 0.25) is 0 Å². The molecule has 0 aliphatic carbocycles. The van der Waals surface area contributed by atoms with Crippen LogP contribution >= 0.6 is 0 Å². The largest absolute Gasteiger partial charge is 0.377 e. The Labute approximate surface area is 123 Å². The van der Waals surface area contributed by atoms with Gasteiger partial charge in [-0.05, 0) is 37.1 Å². The van der Waals surface area contributed by atoms with Gasteiger partial charge in [-0.25, -0.2) is 5.10 Å². The molecule has 0 spiro atoms. The Bertz CT molecular complexity index is 769. The van der Waals surface area contributed by atoms with Crippen molar-refractivity contribution in [2.75, 3.05) is 19.0 Å². The Kier molecular flexibility index (Phi) is 4.08. The van der Waals surface area contributed by atoms with Crippen LogP contribution in [0, 0.1) is 25.2 Å². The summed E-state index contributed by atoms with van der Waals surface area (Å²) in [5.41, 5.74) is 4.78. The van der Waals surface area contributed by atoms with Crippen LogP contribution in [0.4, 0.5) is 5.69 Å². The number of anilines is 1. The molecule has 1 heterocycles. The highest BCUT2D eigenvalue weighted by Gasteiger charge is 2.10.